The van der Waals surface area contributed by atoms with Gasteiger partial charge in [-0.1, -0.05) is 13.0 Å². The predicted molar refractivity (Wildman–Crippen MR) is 82.7 cm³/mol. The zero-order valence-electron chi connectivity index (χ0n) is 12.3. The van der Waals surface area contributed by atoms with Gasteiger partial charge >= 0.3 is 0 Å². The first-order chi connectivity index (χ1) is 10.4. The molecule has 2 heterocycles. The summed E-state index contributed by atoms with van der Waals surface area (Å²) in [5.41, 5.74) is 3.38. The van der Waals surface area contributed by atoms with Gasteiger partial charge in [0.05, 0.1) is 13.2 Å². The molecule has 0 spiro atoms. The van der Waals surface area contributed by atoms with Crippen LogP contribution in [0.15, 0.2) is 36.7 Å². The van der Waals surface area contributed by atoms with E-state index in [-0.39, 0.29) is 0 Å². The van der Waals surface area contributed by atoms with Gasteiger partial charge in [-0.15, -0.1) is 0 Å². The topological polar surface area (TPSA) is 43.4 Å². The van der Waals surface area contributed by atoms with Crippen molar-refractivity contribution in [1.82, 2.24) is 10.3 Å². The van der Waals surface area contributed by atoms with Crippen LogP contribution >= 0.6 is 0 Å². The third kappa shape index (κ3) is 3.34. The largest absolute Gasteiger partial charge is 0.490 e. The lowest BCUT2D eigenvalue weighted by Crippen LogP contribution is -2.11. The smallest absolute Gasteiger partial charge is 0.161 e. The summed E-state index contributed by atoms with van der Waals surface area (Å²) in [7, 11) is 0. The Hall–Kier alpha value is -2.07. The second kappa shape index (κ2) is 6.59. The number of hydrogen-bond acceptors (Lipinski definition) is 4. The Bertz CT molecular complexity index is 613. The molecule has 0 bridgehead atoms. The van der Waals surface area contributed by atoms with Crippen molar-refractivity contribution in [1.29, 1.82) is 0 Å². The summed E-state index contributed by atoms with van der Waals surface area (Å²) in [5.74, 6) is 1.65. The number of pyridine rings is 1. The number of fused-ring (bicyclic) bond motifs is 1. The summed E-state index contributed by atoms with van der Waals surface area (Å²) in [5, 5.41) is 3.32. The molecular formula is C17H20N2O2. The second-order valence-corrected chi connectivity index (χ2v) is 5.07. The molecule has 110 valence electrons. The van der Waals surface area contributed by atoms with Gasteiger partial charge in [0.15, 0.2) is 11.5 Å². The predicted octanol–water partition coefficient (Wildman–Crippen LogP) is 3.02. The molecule has 0 saturated carbocycles. The van der Waals surface area contributed by atoms with Crippen molar-refractivity contribution >= 4 is 0 Å². The van der Waals surface area contributed by atoms with Crippen molar-refractivity contribution in [3.63, 3.8) is 0 Å². The van der Waals surface area contributed by atoms with Crippen molar-refractivity contribution in [2.45, 2.75) is 19.9 Å². The molecule has 0 aliphatic carbocycles. The van der Waals surface area contributed by atoms with E-state index in [9.17, 15) is 0 Å². The molecule has 1 aliphatic rings. The molecule has 4 nitrogen and oxygen atoms in total. The van der Waals surface area contributed by atoms with Crippen LogP contribution in [-0.4, -0.2) is 24.7 Å². The number of rotatable bonds is 4. The van der Waals surface area contributed by atoms with Crippen LogP contribution in [0.3, 0.4) is 0 Å². The van der Waals surface area contributed by atoms with Crippen LogP contribution < -0.4 is 14.8 Å². The number of benzene rings is 1. The molecule has 0 radical (unpaired) electrons. The van der Waals surface area contributed by atoms with Gasteiger partial charge in [0.2, 0.25) is 0 Å². The molecule has 4 heteroatoms. The molecule has 0 fully saturated rings. The zero-order valence-corrected chi connectivity index (χ0v) is 12.3. The van der Waals surface area contributed by atoms with Gasteiger partial charge in [0, 0.05) is 30.9 Å². The lowest BCUT2D eigenvalue weighted by Gasteiger charge is -2.10. The minimum atomic E-state index is 0.704. The molecule has 0 amide bonds. The van der Waals surface area contributed by atoms with Crippen molar-refractivity contribution < 1.29 is 9.47 Å². The summed E-state index contributed by atoms with van der Waals surface area (Å²) in [6.45, 7) is 5.30. The third-order valence-electron chi connectivity index (χ3n) is 3.45. The van der Waals surface area contributed by atoms with Crippen molar-refractivity contribution in [3.8, 4) is 22.6 Å². The summed E-state index contributed by atoms with van der Waals surface area (Å²) >= 11 is 0. The minimum Gasteiger partial charge on any atom is -0.490 e. The SMILES string of the molecule is CCNCc1cncc(-c2ccc3c(c2)OCCCO3)c1. The van der Waals surface area contributed by atoms with Crippen molar-refractivity contribution in [3.05, 3.63) is 42.2 Å². The molecule has 21 heavy (non-hydrogen) atoms. The van der Waals surface area contributed by atoms with Crippen LogP contribution in [0.4, 0.5) is 0 Å². The molecule has 3 rings (SSSR count). The van der Waals surface area contributed by atoms with E-state index in [0.29, 0.717) is 13.2 Å². The maximum absolute atomic E-state index is 5.75. The maximum Gasteiger partial charge on any atom is 0.161 e. The fourth-order valence-corrected chi connectivity index (χ4v) is 2.35. The summed E-state index contributed by atoms with van der Waals surface area (Å²) in [6.07, 6.45) is 4.70. The Kier molecular flexibility index (Phi) is 4.36. The maximum atomic E-state index is 5.75. The molecule has 1 aliphatic heterocycles. The van der Waals surface area contributed by atoms with E-state index in [4.69, 9.17) is 9.47 Å². The molecule has 1 N–H and O–H groups in total. The van der Waals surface area contributed by atoms with E-state index < -0.39 is 0 Å². The van der Waals surface area contributed by atoms with Gasteiger partial charge in [0.1, 0.15) is 0 Å². The molecule has 1 aromatic carbocycles. The first-order valence-corrected chi connectivity index (χ1v) is 7.41. The minimum absolute atomic E-state index is 0.704. The second-order valence-electron chi connectivity index (χ2n) is 5.07. The van der Waals surface area contributed by atoms with Gasteiger partial charge in [-0.2, -0.15) is 0 Å². The van der Waals surface area contributed by atoms with Gasteiger partial charge in [-0.25, -0.2) is 0 Å². The average molecular weight is 284 g/mol. The highest BCUT2D eigenvalue weighted by molar-refractivity contribution is 5.67. The molecule has 2 aromatic rings. The fraction of sp³-hybridized carbons (Fsp3) is 0.353. The highest BCUT2D eigenvalue weighted by Crippen LogP contribution is 2.34. The summed E-state index contributed by atoms with van der Waals surface area (Å²) in [6, 6.07) is 8.23. The first kappa shape index (κ1) is 13.9. The Balaban J connectivity index is 1.88. The number of ether oxygens (including phenoxy) is 2. The average Bonchev–Trinajstić information content (AvgIpc) is 2.77. The van der Waals surface area contributed by atoms with Crippen LogP contribution in [0, 0.1) is 0 Å². The van der Waals surface area contributed by atoms with Gasteiger partial charge in [-0.3, -0.25) is 4.98 Å². The van der Waals surface area contributed by atoms with E-state index in [2.05, 4.69) is 29.4 Å². The van der Waals surface area contributed by atoms with Crippen molar-refractivity contribution in [2.24, 2.45) is 0 Å². The van der Waals surface area contributed by atoms with Crippen molar-refractivity contribution in [2.75, 3.05) is 19.8 Å². The Morgan fingerprint density at radius 1 is 1.05 bits per heavy atom. The lowest BCUT2D eigenvalue weighted by atomic mass is 10.1. The van der Waals surface area contributed by atoms with E-state index in [1.807, 2.05) is 24.5 Å². The Morgan fingerprint density at radius 3 is 2.76 bits per heavy atom. The Labute approximate surface area is 125 Å². The monoisotopic (exact) mass is 284 g/mol. The Morgan fingerprint density at radius 2 is 1.90 bits per heavy atom. The van der Waals surface area contributed by atoms with Crippen LogP contribution in [0.5, 0.6) is 11.5 Å². The first-order valence-electron chi connectivity index (χ1n) is 7.41. The van der Waals surface area contributed by atoms with Crippen LogP contribution in [0.1, 0.15) is 18.9 Å². The fourth-order valence-electron chi connectivity index (χ4n) is 2.35. The highest BCUT2D eigenvalue weighted by Gasteiger charge is 2.11. The van der Waals surface area contributed by atoms with E-state index in [0.717, 1.165) is 42.1 Å². The lowest BCUT2D eigenvalue weighted by molar-refractivity contribution is 0.297. The van der Waals surface area contributed by atoms with E-state index in [1.165, 1.54) is 5.56 Å². The summed E-state index contributed by atoms with van der Waals surface area (Å²) in [4.78, 5) is 4.33. The third-order valence-corrected chi connectivity index (χ3v) is 3.45. The number of hydrogen-bond donors (Lipinski definition) is 1. The number of aromatic nitrogens is 1. The van der Waals surface area contributed by atoms with Gasteiger partial charge < -0.3 is 14.8 Å². The van der Waals surface area contributed by atoms with Crippen LogP contribution in [0.2, 0.25) is 0 Å². The number of nitrogens with zero attached hydrogens (tertiary/aromatic N) is 1. The zero-order chi connectivity index (χ0) is 14.5. The van der Waals surface area contributed by atoms with E-state index >= 15 is 0 Å². The molecule has 0 saturated heterocycles. The number of nitrogens with one attached hydrogen (secondary N) is 1. The van der Waals surface area contributed by atoms with Crippen LogP contribution in [-0.2, 0) is 6.54 Å². The standard InChI is InChI=1S/C17H20N2O2/c1-2-18-10-13-8-15(12-19-11-13)14-4-5-16-17(9-14)21-7-3-6-20-16/h4-5,8-9,11-12,18H,2-3,6-7,10H2,1H3. The molecular weight excluding hydrogens is 264 g/mol. The van der Waals surface area contributed by atoms with E-state index in [1.54, 1.807) is 0 Å². The summed E-state index contributed by atoms with van der Waals surface area (Å²) < 4.78 is 11.4. The normalized spacial score (nSPS) is 13.8. The van der Waals surface area contributed by atoms with Crippen LogP contribution in [0.25, 0.3) is 11.1 Å². The molecule has 1 aromatic heterocycles. The molecule has 0 atom stereocenters. The van der Waals surface area contributed by atoms with Gasteiger partial charge in [0.25, 0.3) is 0 Å². The van der Waals surface area contributed by atoms with Gasteiger partial charge in [-0.05, 0) is 35.9 Å². The highest BCUT2D eigenvalue weighted by atomic mass is 16.5. The molecule has 0 unspecified atom stereocenters. The quantitative estimate of drug-likeness (QED) is 0.937.